The third kappa shape index (κ3) is 4.04. The van der Waals surface area contributed by atoms with Gasteiger partial charge in [0.2, 0.25) is 10.0 Å². The zero-order valence-electron chi connectivity index (χ0n) is 15.8. The second kappa shape index (κ2) is 7.62. The van der Waals surface area contributed by atoms with E-state index in [0.29, 0.717) is 23.2 Å². The predicted octanol–water partition coefficient (Wildman–Crippen LogP) is 1.79. The van der Waals surface area contributed by atoms with Crippen LogP contribution in [-0.2, 0) is 31.3 Å². The van der Waals surface area contributed by atoms with Crippen LogP contribution in [0.2, 0.25) is 0 Å². The van der Waals surface area contributed by atoms with Crippen molar-refractivity contribution in [2.75, 3.05) is 24.9 Å². The first-order chi connectivity index (χ1) is 13.5. The molecule has 0 aliphatic carbocycles. The zero-order chi connectivity index (χ0) is 21.4. The van der Waals surface area contributed by atoms with Crippen LogP contribution in [0, 0.1) is 0 Å². The summed E-state index contributed by atoms with van der Waals surface area (Å²) in [5.41, 5.74) is 1.67. The normalized spacial score (nSPS) is 14.5. The van der Waals surface area contributed by atoms with E-state index >= 15 is 0 Å². The lowest BCUT2D eigenvalue weighted by atomic mass is 10.2. The molecule has 1 aliphatic rings. The molecule has 0 atom stereocenters. The number of carboxylic acid groups (broad SMARTS) is 1. The molecule has 0 saturated heterocycles. The molecule has 8 nitrogen and oxygen atoms in total. The number of fused-ring (bicyclic) bond motifs is 1. The van der Waals surface area contributed by atoms with Gasteiger partial charge in [-0.3, -0.25) is 4.31 Å². The van der Waals surface area contributed by atoms with Crippen LogP contribution >= 0.6 is 0 Å². The van der Waals surface area contributed by atoms with Gasteiger partial charge in [0.1, 0.15) is 0 Å². The Morgan fingerprint density at radius 3 is 2.24 bits per heavy atom. The molecule has 1 N–H and O–H groups in total. The van der Waals surface area contributed by atoms with Gasteiger partial charge in [0.05, 0.1) is 15.5 Å². The Hall–Kier alpha value is -2.69. The molecule has 0 unspecified atom stereocenters. The zero-order valence-corrected chi connectivity index (χ0v) is 17.4. The quantitative estimate of drug-likeness (QED) is 0.691. The van der Waals surface area contributed by atoms with Gasteiger partial charge < -0.3 is 5.11 Å². The highest BCUT2D eigenvalue weighted by atomic mass is 32.2. The van der Waals surface area contributed by atoms with E-state index in [4.69, 9.17) is 5.11 Å². The summed E-state index contributed by atoms with van der Waals surface area (Å²) >= 11 is 0. The molecule has 0 saturated carbocycles. The van der Waals surface area contributed by atoms with Crippen molar-refractivity contribution in [3.63, 3.8) is 0 Å². The number of carboxylic acids is 1. The third-order valence-corrected chi connectivity index (χ3v) is 8.21. The standard InChI is InChI=1S/C19H20N2O6S2/c1-20(2)28(24,25)17-8-9-18-15(13-17)11-12-21(18)29(26,27)16-6-3-14(4-7-16)5-10-19(22)23/h3-10,13H,11-12H2,1-2H3,(H,22,23). The summed E-state index contributed by atoms with van der Waals surface area (Å²) in [4.78, 5) is 10.8. The number of anilines is 1. The van der Waals surface area contributed by atoms with Gasteiger partial charge in [-0.2, -0.15) is 0 Å². The van der Waals surface area contributed by atoms with Gasteiger partial charge in [0, 0.05) is 26.7 Å². The maximum atomic E-state index is 13.1. The van der Waals surface area contributed by atoms with Crippen LogP contribution in [0.3, 0.4) is 0 Å². The fourth-order valence-electron chi connectivity index (χ4n) is 3.01. The molecule has 0 radical (unpaired) electrons. The summed E-state index contributed by atoms with van der Waals surface area (Å²) < 4.78 is 53.1. The van der Waals surface area contributed by atoms with E-state index in [1.807, 2.05) is 0 Å². The van der Waals surface area contributed by atoms with Crippen LogP contribution in [-0.4, -0.2) is 52.9 Å². The van der Waals surface area contributed by atoms with Gasteiger partial charge in [-0.25, -0.2) is 25.9 Å². The monoisotopic (exact) mass is 436 g/mol. The van der Waals surface area contributed by atoms with Crippen molar-refractivity contribution in [2.24, 2.45) is 0 Å². The van der Waals surface area contributed by atoms with Crippen LogP contribution in [0.25, 0.3) is 6.08 Å². The molecule has 0 spiro atoms. The largest absolute Gasteiger partial charge is 0.478 e. The van der Waals surface area contributed by atoms with Gasteiger partial charge in [0.15, 0.2) is 0 Å². The van der Waals surface area contributed by atoms with E-state index in [9.17, 15) is 21.6 Å². The minimum absolute atomic E-state index is 0.0721. The van der Waals surface area contributed by atoms with Crippen LogP contribution in [0.1, 0.15) is 11.1 Å². The van der Waals surface area contributed by atoms with Gasteiger partial charge in [-0.1, -0.05) is 12.1 Å². The highest BCUT2D eigenvalue weighted by molar-refractivity contribution is 7.92. The Morgan fingerprint density at radius 1 is 1.03 bits per heavy atom. The van der Waals surface area contributed by atoms with Crippen LogP contribution in [0.4, 0.5) is 5.69 Å². The topological polar surface area (TPSA) is 112 Å². The van der Waals surface area contributed by atoms with Crippen molar-refractivity contribution in [1.29, 1.82) is 0 Å². The summed E-state index contributed by atoms with van der Waals surface area (Å²) in [6.45, 7) is 0.212. The van der Waals surface area contributed by atoms with Crippen LogP contribution < -0.4 is 4.31 Å². The number of sulfonamides is 2. The molecule has 0 fully saturated rings. The molecule has 0 bridgehead atoms. The van der Waals surface area contributed by atoms with E-state index in [2.05, 4.69) is 0 Å². The van der Waals surface area contributed by atoms with Crippen LogP contribution in [0.15, 0.2) is 58.3 Å². The lowest BCUT2D eigenvalue weighted by Gasteiger charge is -2.20. The lowest BCUT2D eigenvalue weighted by molar-refractivity contribution is -0.131. The number of rotatable bonds is 6. The van der Waals surface area contributed by atoms with E-state index < -0.39 is 26.0 Å². The maximum Gasteiger partial charge on any atom is 0.328 e. The molecule has 10 heteroatoms. The average Bonchev–Trinajstić information content (AvgIpc) is 3.10. The Kier molecular flexibility index (Phi) is 5.52. The molecule has 1 heterocycles. The molecule has 29 heavy (non-hydrogen) atoms. The first-order valence-corrected chi connectivity index (χ1v) is 11.5. The molecule has 154 valence electrons. The van der Waals surface area contributed by atoms with Crippen molar-refractivity contribution in [1.82, 2.24) is 4.31 Å². The highest BCUT2D eigenvalue weighted by Gasteiger charge is 2.32. The van der Waals surface area contributed by atoms with Crippen molar-refractivity contribution in [3.8, 4) is 0 Å². The molecule has 3 rings (SSSR count). The van der Waals surface area contributed by atoms with E-state index in [-0.39, 0.29) is 16.3 Å². The Bertz CT molecular complexity index is 1180. The van der Waals surface area contributed by atoms with Gasteiger partial charge in [-0.15, -0.1) is 0 Å². The number of hydrogen-bond acceptors (Lipinski definition) is 5. The fraction of sp³-hybridized carbons (Fsp3) is 0.211. The SMILES string of the molecule is CN(C)S(=O)(=O)c1ccc2c(c1)CCN2S(=O)(=O)c1ccc(C=CC(=O)O)cc1. The fourth-order valence-corrected chi connectivity index (χ4v) is 5.47. The van der Waals surface area contributed by atoms with Crippen LogP contribution in [0.5, 0.6) is 0 Å². The second-order valence-corrected chi connectivity index (χ2v) is 10.7. The minimum Gasteiger partial charge on any atom is -0.478 e. The Labute approximate surface area is 169 Å². The maximum absolute atomic E-state index is 13.1. The molecule has 2 aromatic rings. The third-order valence-electron chi connectivity index (χ3n) is 4.57. The molecular weight excluding hydrogens is 416 g/mol. The van der Waals surface area contributed by atoms with Crippen molar-refractivity contribution in [2.45, 2.75) is 16.2 Å². The Balaban J connectivity index is 1.92. The Morgan fingerprint density at radius 2 is 1.66 bits per heavy atom. The number of benzene rings is 2. The van der Waals surface area contributed by atoms with Crippen molar-refractivity contribution < 1.29 is 26.7 Å². The van der Waals surface area contributed by atoms with Crippen molar-refractivity contribution in [3.05, 3.63) is 59.7 Å². The lowest BCUT2D eigenvalue weighted by Crippen LogP contribution is -2.29. The van der Waals surface area contributed by atoms with Gasteiger partial charge in [-0.05, 0) is 54.0 Å². The van der Waals surface area contributed by atoms with Gasteiger partial charge >= 0.3 is 5.97 Å². The minimum atomic E-state index is -3.83. The first-order valence-electron chi connectivity index (χ1n) is 8.63. The smallest absolute Gasteiger partial charge is 0.328 e. The first kappa shape index (κ1) is 21.0. The summed E-state index contributed by atoms with van der Waals surface area (Å²) in [6.07, 6.45) is 2.75. The number of aliphatic carboxylic acids is 1. The van der Waals surface area contributed by atoms with Crippen molar-refractivity contribution >= 4 is 37.8 Å². The molecule has 2 aromatic carbocycles. The second-order valence-electron chi connectivity index (χ2n) is 6.65. The van der Waals surface area contributed by atoms with E-state index in [1.165, 1.54) is 66.9 Å². The summed E-state index contributed by atoms with van der Waals surface area (Å²) in [5, 5.41) is 8.67. The summed E-state index contributed by atoms with van der Waals surface area (Å²) in [7, 11) is -4.56. The molecular formula is C19H20N2O6S2. The summed E-state index contributed by atoms with van der Waals surface area (Å²) in [6, 6.07) is 10.3. The molecule has 0 aromatic heterocycles. The number of nitrogens with zero attached hydrogens (tertiary/aromatic N) is 2. The summed E-state index contributed by atoms with van der Waals surface area (Å²) in [5.74, 6) is -1.09. The van der Waals surface area contributed by atoms with E-state index in [0.717, 1.165) is 10.4 Å². The van der Waals surface area contributed by atoms with Gasteiger partial charge in [0.25, 0.3) is 10.0 Å². The number of carbonyl (C=O) groups is 1. The molecule has 0 amide bonds. The average molecular weight is 437 g/mol. The predicted molar refractivity (Wildman–Crippen MR) is 109 cm³/mol. The highest BCUT2D eigenvalue weighted by Crippen LogP contribution is 2.34. The molecule has 1 aliphatic heterocycles. The van der Waals surface area contributed by atoms with E-state index in [1.54, 1.807) is 0 Å². The number of hydrogen-bond donors (Lipinski definition) is 1.